The van der Waals surface area contributed by atoms with E-state index >= 15 is 0 Å². The minimum atomic E-state index is -0.0468. The number of H-pyrrole nitrogens is 1. The maximum absolute atomic E-state index is 11.6. The number of carbonyl (C=O) groups is 1. The van der Waals surface area contributed by atoms with Gasteiger partial charge in [0.15, 0.2) is 0 Å². The molecular weight excluding hydrogens is 298 g/mol. The van der Waals surface area contributed by atoms with E-state index in [-0.39, 0.29) is 5.91 Å². The number of hydrogen-bond donors (Lipinski definition) is 2. The minimum absolute atomic E-state index is 0.0468. The van der Waals surface area contributed by atoms with Gasteiger partial charge in [-0.05, 0) is 17.7 Å². The number of para-hydroxylation sites is 2. The molecule has 0 radical (unpaired) electrons. The third kappa shape index (κ3) is 3.12. The van der Waals surface area contributed by atoms with Gasteiger partial charge in [0.2, 0.25) is 5.91 Å². The van der Waals surface area contributed by atoms with Crippen LogP contribution in [0.3, 0.4) is 0 Å². The largest absolute Gasteiger partial charge is 0.352 e. The van der Waals surface area contributed by atoms with Crippen molar-refractivity contribution in [2.45, 2.75) is 13.0 Å². The number of hydrogen-bond acceptors (Lipinski definition) is 2. The zero-order valence-electron chi connectivity index (χ0n) is 12.0. The molecule has 1 heterocycles. The summed E-state index contributed by atoms with van der Waals surface area (Å²) < 4.78 is 0. The fraction of sp³-hybridized carbons (Fsp3) is 0.176. The van der Waals surface area contributed by atoms with Gasteiger partial charge in [-0.1, -0.05) is 36.4 Å². The van der Waals surface area contributed by atoms with Gasteiger partial charge in [0.1, 0.15) is 5.82 Å². The van der Waals surface area contributed by atoms with E-state index in [4.69, 9.17) is 11.6 Å². The summed E-state index contributed by atoms with van der Waals surface area (Å²) in [6.07, 6.45) is 0.328. The molecule has 5 heteroatoms. The average Bonchev–Trinajstić information content (AvgIpc) is 2.97. The van der Waals surface area contributed by atoms with E-state index in [1.54, 1.807) is 0 Å². The molecule has 0 saturated carbocycles. The van der Waals surface area contributed by atoms with Gasteiger partial charge in [-0.2, -0.15) is 0 Å². The summed E-state index contributed by atoms with van der Waals surface area (Å²) in [5, 5.41) is 2.88. The number of nitrogens with zero attached hydrogens (tertiary/aromatic N) is 1. The van der Waals surface area contributed by atoms with Crippen molar-refractivity contribution in [2.75, 3.05) is 5.88 Å². The maximum atomic E-state index is 11.6. The van der Waals surface area contributed by atoms with Crippen molar-refractivity contribution >= 4 is 28.5 Å². The van der Waals surface area contributed by atoms with Crippen molar-refractivity contribution in [1.29, 1.82) is 0 Å². The number of fused-ring (bicyclic) bond motifs is 1. The molecule has 0 fully saturated rings. The number of halogens is 1. The SMILES string of the molecule is O=C(CCCl)NCc1ccccc1-c1nc2ccccc2[nH]1. The van der Waals surface area contributed by atoms with E-state index in [0.29, 0.717) is 18.8 Å². The molecule has 0 spiro atoms. The standard InChI is InChI=1S/C17H16ClN3O/c18-10-9-16(22)19-11-12-5-1-2-6-13(12)17-20-14-7-3-4-8-15(14)21-17/h1-8H,9-11H2,(H,19,22)(H,20,21). The van der Waals surface area contributed by atoms with Crippen LogP contribution >= 0.6 is 11.6 Å². The molecule has 4 nitrogen and oxygen atoms in total. The first-order valence-corrected chi connectivity index (χ1v) is 7.67. The molecule has 0 atom stereocenters. The van der Waals surface area contributed by atoms with Gasteiger partial charge in [-0.3, -0.25) is 4.79 Å². The summed E-state index contributed by atoms with van der Waals surface area (Å²) in [4.78, 5) is 19.5. The topological polar surface area (TPSA) is 57.8 Å². The number of imidazole rings is 1. The number of amides is 1. The summed E-state index contributed by atoms with van der Waals surface area (Å²) in [5.74, 6) is 1.09. The van der Waals surface area contributed by atoms with Crippen LogP contribution in [0.5, 0.6) is 0 Å². The molecule has 2 aromatic carbocycles. The fourth-order valence-corrected chi connectivity index (χ4v) is 2.53. The van der Waals surface area contributed by atoms with Crippen LogP contribution in [0.1, 0.15) is 12.0 Å². The summed E-state index contributed by atoms with van der Waals surface area (Å²) in [6.45, 7) is 0.461. The second-order valence-electron chi connectivity index (χ2n) is 4.98. The van der Waals surface area contributed by atoms with Gasteiger partial charge in [0.25, 0.3) is 0 Å². The predicted octanol–water partition coefficient (Wildman–Crippen LogP) is 3.48. The van der Waals surface area contributed by atoms with E-state index in [2.05, 4.69) is 15.3 Å². The highest BCUT2D eigenvalue weighted by atomic mass is 35.5. The van der Waals surface area contributed by atoms with E-state index in [1.165, 1.54) is 0 Å². The Labute approximate surface area is 133 Å². The molecule has 0 aliphatic heterocycles. The second-order valence-corrected chi connectivity index (χ2v) is 5.35. The maximum Gasteiger partial charge on any atom is 0.221 e. The van der Waals surface area contributed by atoms with Gasteiger partial charge in [0, 0.05) is 24.4 Å². The molecule has 0 aliphatic rings. The van der Waals surface area contributed by atoms with Crippen LogP contribution in [0.25, 0.3) is 22.4 Å². The number of nitrogens with one attached hydrogen (secondary N) is 2. The van der Waals surface area contributed by atoms with Crippen LogP contribution in [0.15, 0.2) is 48.5 Å². The number of aromatic nitrogens is 2. The van der Waals surface area contributed by atoms with Gasteiger partial charge in [-0.25, -0.2) is 4.98 Å². The number of rotatable bonds is 5. The summed E-state index contributed by atoms with van der Waals surface area (Å²) >= 11 is 5.57. The van der Waals surface area contributed by atoms with Gasteiger partial charge in [-0.15, -0.1) is 11.6 Å². The van der Waals surface area contributed by atoms with Crippen molar-refractivity contribution in [1.82, 2.24) is 15.3 Å². The molecule has 0 bridgehead atoms. The van der Waals surface area contributed by atoms with E-state index in [9.17, 15) is 4.79 Å². The van der Waals surface area contributed by atoms with Crippen molar-refractivity contribution < 1.29 is 4.79 Å². The van der Waals surface area contributed by atoms with Gasteiger partial charge in [0.05, 0.1) is 11.0 Å². The molecule has 1 aromatic heterocycles. The molecule has 2 N–H and O–H groups in total. The van der Waals surface area contributed by atoms with Crippen LogP contribution in [0, 0.1) is 0 Å². The van der Waals surface area contributed by atoms with Crippen LogP contribution in [0.2, 0.25) is 0 Å². The Bertz CT molecular complexity index is 764. The Morgan fingerprint density at radius 1 is 1.14 bits per heavy atom. The smallest absolute Gasteiger partial charge is 0.221 e. The molecule has 3 aromatic rings. The lowest BCUT2D eigenvalue weighted by molar-refractivity contribution is -0.120. The highest BCUT2D eigenvalue weighted by Crippen LogP contribution is 2.23. The quantitative estimate of drug-likeness (QED) is 0.709. The first-order valence-electron chi connectivity index (χ1n) is 7.13. The van der Waals surface area contributed by atoms with E-state index in [1.807, 2.05) is 48.5 Å². The first kappa shape index (κ1) is 14.6. The number of benzene rings is 2. The third-order valence-corrected chi connectivity index (χ3v) is 3.65. The number of aromatic amines is 1. The molecular formula is C17H16ClN3O. The normalized spacial score (nSPS) is 10.8. The number of carbonyl (C=O) groups excluding carboxylic acids is 1. The Morgan fingerprint density at radius 3 is 2.73 bits per heavy atom. The monoisotopic (exact) mass is 313 g/mol. The molecule has 0 aliphatic carbocycles. The third-order valence-electron chi connectivity index (χ3n) is 3.46. The number of alkyl halides is 1. The zero-order chi connectivity index (χ0) is 15.4. The first-order chi connectivity index (χ1) is 10.8. The Kier molecular flexibility index (Phi) is 4.39. The molecule has 1 amide bonds. The van der Waals surface area contributed by atoms with Crippen LogP contribution in [-0.2, 0) is 11.3 Å². The lowest BCUT2D eigenvalue weighted by Gasteiger charge is -2.08. The second kappa shape index (κ2) is 6.62. The summed E-state index contributed by atoms with van der Waals surface area (Å²) in [7, 11) is 0. The van der Waals surface area contributed by atoms with Crippen molar-refractivity contribution in [3.05, 3.63) is 54.1 Å². The predicted molar refractivity (Wildman–Crippen MR) is 88.7 cm³/mol. The summed E-state index contributed by atoms with van der Waals surface area (Å²) in [5.41, 5.74) is 3.94. The van der Waals surface area contributed by atoms with Gasteiger partial charge >= 0.3 is 0 Å². The van der Waals surface area contributed by atoms with E-state index < -0.39 is 0 Å². The fourth-order valence-electron chi connectivity index (χ4n) is 2.35. The van der Waals surface area contributed by atoms with Crippen molar-refractivity contribution in [2.24, 2.45) is 0 Å². The summed E-state index contributed by atoms with van der Waals surface area (Å²) in [6, 6.07) is 15.8. The average molecular weight is 314 g/mol. The lowest BCUT2D eigenvalue weighted by Crippen LogP contribution is -2.23. The van der Waals surface area contributed by atoms with Gasteiger partial charge < -0.3 is 10.3 Å². The van der Waals surface area contributed by atoms with E-state index in [0.717, 1.165) is 28.0 Å². The Morgan fingerprint density at radius 2 is 1.91 bits per heavy atom. The van der Waals surface area contributed by atoms with Crippen LogP contribution < -0.4 is 5.32 Å². The Hall–Kier alpha value is -2.33. The highest BCUT2D eigenvalue weighted by Gasteiger charge is 2.10. The lowest BCUT2D eigenvalue weighted by atomic mass is 10.1. The van der Waals surface area contributed by atoms with Crippen molar-refractivity contribution in [3.8, 4) is 11.4 Å². The van der Waals surface area contributed by atoms with Crippen LogP contribution in [0.4, 0.5) is 0 Å². The molecule has 22 heavy (non-hydrogen) atoms. The Balaban J connectivity index is 1.88. The minimum Gasteiger partial charge on any atom is -0.352 e. The van der Waals surface area contributed by atoms with Crippen molar-refractivity contribution in [3.63, 3.8) is 0 Å². The molecule has 0 unspecified atom stereocenters. The zero-order valence-corrected chi connectivity index (χ0v) is 12.7. The van der Waals surface area contributed by atoms with Crippen LogP contribution in [-0.4, -0.2) is 21.8 Å². The molecule has 112 valence electrons. The molecule has 3 rings (SSSR count). The highest BCUT2D eigenvalue weighted by molar-refractivity contribution is 6.18. The molecule has 0 saturated heterocycles.